The first kappa shape index (κ1) is 6.71. The van der Waals surface area contributed by atoms with Crippen molar-refractivity contribution in [3.05, 3.63) is 12.2 Å². The molecular weight excluding hydrogens is 123 g/mol. The fourth-order valence-corrected chi connectivity index (χ4v) is 0.834. The number of aliphatic hydroxyl groups excluding tert-OH is 1. The molecule has 3 heteroatoms. The maximum atomic E-state index is 11.9. The smallest absolute Gasteiger partial charge is 0.126 e. The maximum absolute atomic E-state index is 11.9. The Morgan fingerprint density at radius 2 is 2.44 bits per heavy atom. The van der Waals surface area contributed by atoms with E-state index in [-0.39, 0.29) is 6.42 Å². The van der Waals surface area contributed by atoms with Crippen molar-refractivity contribution in [2.24, 2.45) is 0 Å². The number of alkyl halides is 1. The van der Waals surface area contributed by atoms with Crippen molar-refractivity contribution in [3.63, 3.8) is 0 Å². The zero-order valence-electron chi connectivity index (χ0n) is 4.92. The highest BCUT2D eigenvalue weighted by Crippen LogP contribution is 2.23. The minimum absolute atomic E-state index is 0.213. The molecule has 0 bridgehead atoms. The van der Waals surface area contributed by atoms with Crippen molar-refractivity contribution in [1.29, 1.82) is 0 Å². The number of hydrogen-bond acceptors (Lipinski definition) is 2. The lowest BCUT2D eigenvalue weighted by Crippen LogP contribution is -2.39. The van der Waals surface area contributed by atoms with Crippen molar-refractivity contribution >= 4 is 0 Å². The number of hydrogen-bond donors (Lipinski definition) is 2. The van der Waals surface area contributed by atoms with Gasteiger partial charge in [0.1, 0.15) is 18.4 Å². The van der Waals surface area contributed by atoms with Crippen LogP contribution in [0.3, 0.4) is 0 Å². The summed E-state index contributed by atoms with van der Waals surface area (Å²) in [5, 5.41) is 18.0. The normalized spacial score (nSPS) is 41.9. The zero-order valence-corrected chi connectivity index (χ0v) is 4.92. The van der Waals surface area contributed by atoms with Crippen LogP contribution in [-0.4, -0.2) is 28.6 Å². The molecule has 0 aliphatic heterocycles. The van der Waals surface area contributed by atoms with E-state index in [1.807, 2.05) is 0 Å². The molecule has 0 fully saturated rings. The second kappa shape index (κ2) is 2.08. The molecule has 2 atom stereocenters. The van der Waals surface area contributed by atoms with Gasteiger partial charge in [0.05, 0.1) is 0 Å². The molecule has 0 heterocycles. The third-order valence-corrected chi connectivity index (χ3v) is 1.57. The molecule has 1 aliphatic rings. The minimum atomic E-state index is -1.53. The Labute approximate surface area is 52.6 Å². The van der Waals surface area contributed by atoms with E-state index in [1.54, 1.807) is 6.08 Å². The molecule has 0 aromatic carbocycles. The molecule has 0 aromatic heterocycles. The molecule has 0 spiro atoms. The second-order valence-electron chi connectivity index (χ2n) is 2.31. The van der Waals surface area contributed by atoms with Crippen molar-refractivity contribution in [2.45, 2.75) is 18.1 Å². The summed E-state index contributed by atoms with van der Waals surface area (Å²) in [6, 6.07) is 0. The van der Waals surface area contributed by atoms with Crippen LogP contribution in [0.25, 0.3) is 0 Å². The van der Waals surface area contributed by atoms with Crippen LogP contribution in [0.5, 0.6) is 0 Å². The lowest BCUT2D eigenvalue weighted by molar-refractivity contribution is -0.0559. The van der Waals surface area contributed by atoms with E-state index < -0.39 is 18.4 Å². The molecule has 9 heavy (non-hydrogen) atoms. The Kier molecular flexibility index (Phi) is 1.55. The number of rotatable bonds is 1. The molecule has 2 unspecified atom stereocenters. The summed E-state index contributed by atoms with van der Waals surface area (Å²) in [6.45, 7) is -0.888. The fourth-order valence-electron chi connectivity index (χ4n) is 0.834. The van der Waals surface area contributed by atoms with E-state index in [0.717, 1.165) is 0 Å². The van der Waals surface area contributed by atoms with Crippen LogP contribution < -0.4 is 0 Å². The molecule has 1 aliphatic carbocycles. The highest BCUT2D eigenvalue weighted by molar-refractivity contribution is 5.10. The summed E-state index contributed by atoms with van der Waals surface area (Å²) in [7, 11) is 0. The van der Waals surface area contributed by atoms with Gasteiger partial charge in [0.15, 0.2) is 0 Å². The number of halogens is 1. The topological polar surface area (TPSA) is 40.5 Å². The highest BCUT2D eigenvalue weighted by atomic mass is 19.1. The molecule has 0 amide bonds. The fraction of sp³-hybridized carbons (Fsp3) is 0.667. The van der Waals surface area contributed by atoms with E-state index in [0.29, 0.717) is 0 Å². The van der Waals surface area contributed by atoms with Gasteiger partial charge in [-0.05, 0) is 6.42 Å². The first-order valence-corrected chi connectivity index (χ1v) is 2.82. The third-order valence-electron chi connectivity index (χ3n) is 1.57. The van der Waals surface area contributed by atoms with Crippen LogP contribution in [0.4, 0.5) is 4.39 Å². The van der Waals surface area contributed by atoms with E-state index in [4.69, 9.17) is 10.2 Å². The SMILES string of the molecule is OC1C=CCC1(O)CF. The summed E-state index contributed by atoms with van der Waals surface area (Å²) in [5.41, 5.74) is -1.53. The van der Waals surface area contributed by atoms with Crippen molar-refractivity contribution in [2.75, 3.05) is 6.67 Å². The molecular formula is C6H9FO2. The maximum Gasteiger partial charge on any atom is 0.126 e. The van der Waals surface area contributed by atoms with Crippen LogP contribution in [0.15, 0.2) is 12.2 Å². The van der Waals surface area contributed by atoms with Crippen LogP contribution in [0.1, 0.15) is 6.42 Å². The lowest BCUT2D eigenvalue weighted by atomic mass is 10.0. The van der Waals surface area contributed by atoms with E-state index in [9.17, 15) is 4.39 Å². The van der Waals surface area contributed by atoms with Crippen LogP contribution in [0, 0.1) is 0 Å². The van der Waals surface area contributed by atoms with Gasteiger partial charge in [0, 0.05) is 0 Å². The quantitative estimate of drug-likeness (QED) is 0.493. The molecule has 52 valence electrons. The second-order valence-corrected chi connectivity index (χ2v) is 2.31. The van der Waals surface area contributed by atoms with Crippen molar-refractivity contribution < 1.29 is 14.6 Å². The largest absolute Gasteiger partial charge is 0.386 e. The highest BCUT2D eigenvalue weighted by Gasteiger charge is 2.36. The summed E-state index contributed by atoms with van der Waals surface area (Å²) in [5.74, 6) is 0. The van der Waals surface area contributed by atoms with Gasteiger partial charge in [-0.1, -0.05) is 12.2 Å². The first-order valence-electron chi connectivity index (χ1n) is 2.82. The van der Waals surface area contributed by atoms with Crippen LogP contribution in [0.2, 0.25) is 0 Å². The van der Waals surface area contributed by atoms with E-state index in [2.05, 4.69) is 0 Å². The third kappa shape index (κ3) is 0.976. The molecule has 0 saturated heterocycles. The Morgan fingerprint density at radius 3 is 2.67 bits per heavy atom. The predicted octanol–water partition coefficient (Wildman–Crippen LogP) is 0.00780. The molecule has 0 aromatic rings. The molecule has 0 saturated carbocycles. The van der Waals surface area contributed by atoms with Gasteiger partial charge < -0.3 is 10.2 Å². The average Bonchev–Trinajstić information content (AvgIpc) is 2.15. The van der Waals surface area contributed by atoms with Crippen LogP contribution in [-0.2, 0) is 0 Å². The average molecular weight is 132 g/mol. The first-order chi connectivity index (χ1) is 4.19. The zero-order chi connectivity index (χ0) is 6.91. The van der Waals surface area contributed by atoms with E-state index >= 15 is 0 Å². The van der Waals surface area contributed by atoms with Crippen LogP contribution >= 0.6 is 0 Å². The summed E-state index contributed by atoms with van der Waals surface area (Å²) >= 11 is 0. The van der Waals surface area contributed by atoms with Crippen molar-refractivity contribution in [3.8, 4) is 0 Å². The van der Waals surface area contributed by atoms with Gasteiger partial charge in [0.25, 0.3) is 0 Å². The van der Waals surface area contributed by atoms with Gasteiger partial charge in [-0.15, -0.1) is 0 Å². The molecule has 2 nitrogen and oxygen atoms in total. The molecule has 1 rings (SSSR count). The predicted molar refractivity (Wildman–Crippen MR) is 30.7 cm³/mol. The van der Waals surface area contributed by atoms with Gasteiger partial charge in [0.2, 0.25) is 0 Å². The molecule has 2 N–H and O–H groups in total. The standard InChI is InChI=1S/C6H9FO2/c7-4-6(9)3-1-2-5(6)8/h1-2,5,8-9H,3-4H2. The van der Waals surface area contributed by atoms with Crippen molar-refractivity contribution in [1.82, 2.24) is 0 Å². The monoisotopic (exact) mass is 132 g/mol. The Balaban J connectivity index is 2.62. The Hall–Kier alpha value is -0.410. The van der Waals surface area contributed by atoms with Gasteiger partial charge in [-0.25, -0.2) is 4.39 Å². The molecule has 0 radical (unpaired) electrons. The Bertz CT molecular complexity index is 135. The van der Waals surface area contributed by atoms with E-state index in [1.165, 1.54) is 6.08 Å². The lowest BCUT2D eigenvalue weighted by Gasteiger charge is -2.21. The summed E-state index contributed by atoms with van der Waals surface area (Å²) < 4.78 is 11.9. The van der Waals surface area contributed by atoms with Gasteiger partial charge in [-0.2, -0.15) is 0 Å². The minimum Gasteiger partial charge on any atom is -0.386 e. The summed E-state index contributed by atoms with van der Waals surface area (Å²) in [6.07, 6.45) is 2.16. The Morgan fingerprint density at radius 1 is 1.78 bits per heavy atom. The number of aliphatic hydroxyl groups is 2. The summed E-state index contributed by atoms with van der Waals surface area (Å²) in [4.78, 5) is 0. The van der Waals surface area contributed by atoms with Gasteiger partial charge in [-0.3, -0.25) is 0 Å². The van der Waals surface area contributed by atoms with Gasteiger partial charge >= 0.3 is 0 Å².